The molecule has 3 unspecified atom stereocenters. The van der Waals surface area contributed by atoms with Gasteiger partial charge in [0.15, 0.2) is 15.7 Å². The summed E-state index contributed by atoms with van der Waals surface area (Å²) in [5, 5.41) is -0.0338. The van der Waals surface area contributed by atoms with Gasteiger partial charge in [-0.15, -0.1) is 0 Å². The van der Waals surface area contributed by atoms with Gasteiger partial charge in [-0.3, -0.25) is 4.57 Å². The first-order chi connectivity index (χ1) is 16.0. The molecule has 0 aliphatic carbocycles. The van der Waals surface area contributed by atoms with Crippen LogP contribution in [0.4, 0.5) is 0 Å². The molecule has 0 N–H and O–H groups in total. The number of ether oxygens (including phenoxy) is 1. The molecule has 2 saturated heterocycles. The number of hydrogen-bond acceptors (Lipinski definition) is 7. The normalized spacial score (nSPS) is 33.1. The Kier molecular flexibility index (Phi) is 10.7. The first-order valence-corrected chi connectivity index (χ1v) is 18.8. The second kappa shape index (κ2) is 11.9. The first kappa shape index (κ1) is 31.4. The van der Waals surface area contributed by atoms with Gasteiger partial charge < -0.3 is 27.6 Å². The molecule has 35 heavy (non-hydrogen) atoms. The maximum absolute atomic E-state index is 12.7. The van der Waals surface area contributed by atoms with Crippen molar-refractivity contribution in [2.24, 2.45) is 0 Å². The molecule has 2 radical (unpaired) electrons. The Hall–Kier alpha value is 0.192. The van der Waals surface area contributed by atoms with E-state index in [0.717, 1.165) is 0 Å². The Morgan fingerprint density at radius 1 is 1.29 bits per heavy atom. The van der Waals surface area contributed by atoms with Gasteiger partial charge in [0.25, 0.3) is 8.53 Å². The molecule has 8 nitrogen and oxygen atoms in total. The van der Waals surface area contributed by atoms with Crippen LogP contribution < -0.4 is 0 Å². The van der Waals surface area contributed by atoms with E-state index in [1.54, 1.807) is 6.66 Å². The molecule has 200 valence electrons. The zero-order chi connectivity index (χ0) is 26.8. The van der Waals surface area contributed by atoms with Crippen LogP contribution in [0.3, 0.4) is 0 Å². The van der Waals surface area contributed by atoms with Crippen molar-refractivity contribution in [2.75, 3.05) is 32.6 Å². The summed E-state index contributed by atoms with van der Waals surface area (Å²) in [6, 6.07) is -0.405. The molecule has 0 bridgehead atoms. The van der Waals surface area contributed by atoms with E-state index < -0.39 is 48.0 Å². The van der Waals surface area contributed by atoms with E-state index >= 15 is 0 Å². The standard InChI is InChI=1S/C23H45BN2O6P2Si/c1-17(2)26(18(3)4)33(28-14-13-25-8)31-20-19(32-35(10,11)22(5,6)7)21(24)30-23(20)12-15-34(9,27)29-16-23/h17-21H,12-16H2,1-7,9-11H3/t19-,20?,21+,23-,33?,34?/m0/s1. The molecular formula is C23H45BN2O6P2Si. The summed E-state index contributed by atoms with van der Waals surface area (Å²) in [5.41, 5.74) is -0.875. The summed E-state index contributed by atoms with van der Waals surface area (Å²) < 4.78 is 46.9. The molecule has 6 atom stereocenters. The first-order valence-electron chi connectivity index (χ1n) is 12.5. The Morgan fingerprint density at radius 2 is 1.89 bits per heavy atom. The SMILES string of the molecule is [B][C@@H]1O[C@]2(CCP(C)(=O)OC2)C(OP(OCC[N+]#[C-])N(C(C)C)C(C)C)[C@@H]1O[Si](C)(C)C(C)(C)C. The van der Waals surface area contributed by atoms with E-state index in [1.165, 1.54) is 0 Å². The highest BCUT2D eigenvalue weighted by Crippen LogP contribution is 2.57. The second-order valence-electron chi connectivity index (χ2n) is 11.8. The van der Waals surface area contributed by atoms with Crippen LogP contribution in [0.5, 0.6) is 0 Å². The lowest BCUT2D eigenvalue weighted by atomic mass is 9.88. The summed E-state index contributed by atoms with van der Waals surface area (Å²) in [4.78, 5) is 3.44. The van der Waals surface area contributed by atoms with E-state index in [4.69, 9.17) is 37.2 Å². The lowest BCUT2D eigenvalue weighted by molar-refractivity contribution is -0.0962. The average Bonchev–Trinajstić information content (AvgIpc) is 2.94. The summed E-state index contributed by atoms with van der Waals surface area (Å²) in [5.74, 6) is 0. The highest BCUT2D eigenvalue weighted by Gasteiger charge is 2.60. The molecule has 2 aliphatic heterocycles. The van der Waals surface area contributed by atoms with Crippen molar-refractivity contribution in [3.8, 4) is 0 Å². The summed E-state index contributed by atoms with van der Waals surface area (Å²) in [6.07, 6.45) is -0.193. The fourth-order valence-electron chi connectivity index (χ4n) is 4.16. The van der Waals surface area contributed by atoms with Crippen molar-refractivity contribution in [1.82, 2.24) is 4.67 Å². The lowest BCUT2D eigenvalue weighted by Gasteiger charge is -2.45. The summed E-state index contributed by atoms with van der Waals surface area (Å²) in [7, 11) is 0.0982. The van der Waals surface area contributed by atoms with Crippen LogP contribution in [-0.4, -0.2) is 89.3 Å². The topological polar surface area (TPSA) is 70.8 Å². The lowest BCUT2D eigenvalue weighted by Crippen LogP contribution is -2.54. The van der Waals surface area contributed by atoms with Gasteiger partial charge in [0.1, 0.15) is 26.2 Å². The molecule has 1 spiro atoms. The highest BCUT2D eigenvalue weighted by molar-refractivity contribution is 7.58. The minimum absolute atomic E-state index is 0.0338. The van der Waals surface area contributed by atoms with E-state index in [-0.39, 0.29) is 36.9 Å². The largest absolute Gasteiger partial charge is 0.409 e. The molecule has 2 rings (SSSR count). The molecular weight excluding hydrogens is 501 g/mol. The third-order valence-electron chi connectivity index (χ3n) is 7.13. The minimum Gasteiger partial charge on any atom is -0.409 e. The number of rotatable bonds is 10. The highest BCUT2D eigenvalue weighted by atomic mass is 31.2. The van der Waals surface area contributed by atoms with Crippen molar-refractivity contribution in [3.63, 3.8) is 0 Å². The number of nitrogens with zero attached hydrogens (tertiary/aromatic N) is 2. The second-order valence-corrected chi connectivity index (χ2v) is 20.7. The summed E-state index contributed by atoms with van der Waals surface area (Å²) in [6.45, 7) is 28.8. The molecule has 2 fully saturated rings. The van der Waals surface area contributed by atoms with Gasteiger partial charge in [0, 0.05) is 30.9 Å². The van der Waals surface area contributed by atoms with Crippen molar-refractivity contribution in [2.45, 2.75) is 109 Å². The van der Waals surface area contributed by atoms with Gasteiger partial charge in [0.05, 0.1) is 12.7 Å². The van der Waals surface area contributed by atoms with Crippen molar-refractivity contribution < 1.29 is 27.3 Å². The van der Waals surface area contributed by atoms with Gasteiger partial charge >= 0.3 is 0 Å². The van der Waals surface area contributed by atoms with E-state index in [0.29, 0.717) is 12.6 Å². The van der Waals surface area contributed by atoms with Crippen molar-refractivity contribution in [3.05, 3.63) is 11.4 Å². The predicted molar refractivity (Wildman–Crippen MR) is 146 cm³/mol. The Morgan fingerprint density at radius 3 is 2.34 bits per heavy atom. The molecule has 0 aromatic heterocycles. The summed E-state index contributed by atoms with van der Waals surface area (Å²) >= 11 is 0. The fraction of sp³-hybridized carbons (Fsp3) is 0.957. The Bertz CT molecular complexity index is 784. The van der Waals surface area contributed by atoms with Crippen LogP contribution >= 0.6 is 15.9 Å². The van der Waals surface area contributed by atoms with Crippen molar-refractivity contribution >= 4 is 32.1 Å². The van der Waals surface area contributed by atoms with Gasteiger partial charge in [-0.2, -0.15) is 0 Å². The molecule has 0 aromatic rings. The van der Waals surface area contributed by atoms with Crippen LogP contribution in [0.1, 0.15) is 54.9 Å². The fourth-order valence-corrected chi connectivity index (χ4v) is 8.66. The van der Waals surface area contributed by atoms with Crippen LogP contribution in [0, 0.1) is 6.57 Å². The van der Waals surface area contributed by atoms with E-state index in [1.807, 2.05) is 0 Å². The predicted octanol–water partition coefficient (Wildman–Crippen LogP) is 5.64. The maximum atomic E-state index is 12.7. The third kappa shape index (κ3) is 7.62. The van der Waals surface area contributed by atoms with E-state index in [9.17, 15) is 4.57 Å². The van der Waals surface area contributed by atoms with E-state index in [2.05, 4.69) is 71.1 Å². The molecule has 0 amide bonds. The quantitative estimate of drug-likeness (QED) is 0.152. The molecule has 0 aromatic carbocycles. The van der Waals surface area contributed by atoms with Crippen LogP contribution in [0.15, 0.2) is 0 Å². The van der Waals surface area contributed by atoms with Crippen LogP contribution in [-0.2, 0) is 27.3 Å². The average molecular weight is 546 g/mol. The maximum Gasteiger partial charge on any atom is 0.259 e. The third-order valence-corrected chi connectivity index (χ3v) is 15.4. The minimum atomic E-state index is -2.68. The van der Waals surface area contributed by atoms with Gasteiger partial charge in [-0.25, -0.2) is 11.2 Å². The monoisotopic (exact) mass is 546 g/mol. The molecule has 2 heterocycles. The molecule has 2 aliphatic rings. The Balaban J connectivity index is 2.47. The molecule has 12 heteroatoms. The van der Waals surface area contributed by atoms with Gasteiger partial charge in [0.2, 0.25) is 6.54 Å². The smallest absolute Gasteiger partial charge is 0.259 e. The van der Waals surface area contributed by atoms with Crippen molar-refractivity contribution in [1.29, 1.82) is 0 Å². The zero-order valence-corrected chi connectivity index (χ0v) is 26.0. The zero-order valence-electron chi connectivity index (χ0n) is 23.2. The molecule has 0 saturated carbocycles. The van der Waals surface area contributed by atoms with Gasteiger partial charge in [-0.05, 0) is 52.2 Å². The van der Waals surface area contributed by atoms with Gasteiger partial charge in [-0.1, -0.05) is 20.8 Å². The van der Waals surface area contributed by atoms with Crippen LogP contribution in [0.25, 0.3) is 4.85 Å². The Labute approximate surface area is 216 Å². The number of hydrogen-bond donors (Lipinski definition) is 0. The van der Waals surface area contributed by atoms with Crippen LogP contribution in [0.2, 0.25) is 18.1 Å².